The highest BCUT2D eigenvalue weighted by molar-refractivity contribution is 7.17. The van der Waals surface area contributed by atoms with Gasteiger partial charge in [-0.05, 0) is 20.8 Å². The van der Waals surface area contributed by atoms with E-state index in [0.29, 0.717) is 22.2 Å². The van der Waals surface area contributed by atoms with Gasteiger partial charge in [0.2, 0.25) is 0 Å². The number of carbonyl (C=O) groups excluding carboxylic acids is 1. The Hall–Kier alpha value is -1.14. The normalized spacial score (nSPS) is 11.5. The number of hydrogen-bond acceptors (Lipinski definition) is 5. The standard InChI is InChI=1S/C10H17N3O2S/c1-6-7(16-9(11)13-6)8(14)12-5-10(2,3)15-4/h5H2,1-4H3,(H2,11,13)(H,12,14). The van der Waals surface area contributed by atoms with Crippen molar-refractivity contribution in [1.29, 1.82) is 0 Å². The first-order chi connectivity index (χ1) is 7.35. The van der Waals surface area contributed by atoms with Crippen LogP contribution in [0.5, 0.6) is 0 Å². The Balaban J connectivity index is 2.63. The molecule has 0 bridgehead atoms. The summed E-state index contributed by atoms with van der Waals surface area (Å²) >= 11 is 1.19. The minimum absolute atomic E-state index is 0.156. The van der Waals surface area contributed by atoms with Crippen LogP contribution in [-0.4, -0.2) is 30.1 Å². The zero-order valence-electron chi connectivity index (χ0n) is 9.96. The highest BCUT2D eigenvalue weighted by atomic mass is 32.1. The Labute approximate surface area is 99.0 Å². The second-order valence-corrected chi connectivity index (χ2v) is 5.14. The average molecular weight is 243 g/mol. The quantitative estimate of drug-likeness (QED) is 0.832. The summed E-state index contributed by atoms with van der Waals surface area (Å²) in [7, 11) is 1.61. The largest absolute Gasteiger partial charge is 0.377 e. The predicted molar refractivity (Wildman–Crippen MR) is 64.7 cm³/mol. The molecule has 0 aliphatic heterocycles. The third kappa shape index (κ3) is 3.18. The first kappa shape index (κ1) is 12.9. The molecule has 6 heteroatoms. The van der Waals surface area contributed by atoms with Gasteiger partial charge in [-0.1, -0.05) is 11.3 Å². The summed E-state index contributed by atoms with van der Waals surface area (Å²) in [5.74, 6) is -0.156. The van der Waals surface area contributed by atoms with Crippen molar-refractivity contribution in [1.82, 2.24) is 10.3 Å². The molecule has 0 aliphatic carbocycles. The number of aryl methyl sites for hydroxylation is 1. The summed E-state index contributed by atoms with van der Waals surface area (Å²) in [5, 5.41) is 3.21. The number of aromatic nitrogens is 1. The maximum absolute atomic E-state index is 11.8. The van der Waals surface area contributed by atoms with Gasteiger partial charge in [-0.2, -0.15) is 0 Å². The number of amides is 1. The number of nitrogens with one attached hydrogen (secondary N) is 1. The molecule has 5 nitrogen and oxygen atoms in total. The number of thiazole rings is 1. The van der Waals surface area contributed by atoms with Crippen molar-refractivity contribution >= 4 is 22.4 Å². The van der Waals surface area contributed by atoms with Gasteiger partial charge in [0.15, 0.2) is 5.13 Å². The third-order valence-electron chi connectivity index (χ3n) is 2.25. The van der Waals surface area contributed by atoms with Crippen LogP contribution in [0.15, 0.2) is 0 Å². The Morgan fingerprint density at radius 2 is 2.25 bits per heavy atom. The van der Waals surface area contributed by atoms with Gasteiger partial charge in [-0.25, -0.2) is 4.98 Å². The summed E-state index contributed by atoms with van der Waals surface area (Å²) in [6.45, 7) is 6.02. The summed E-state index contributed by atoms with van der Waals surface area (Å²) in [6, 6.07) is 0. The molecule has 0 saturated carbocycles. The van der Waals surface area contributed by atoms with E-state index in [4.69, 9.17) is 10.5 Å². The first-order valence-electron chi connectivity index (χ1n) is 4.92. The average Bonchev–Trinajstić information content (AvgIpc) is 2.54. The van der Waals surface area contributed by atoms with Gasteiger partial charge in [0.05, 0.1) is 11.3 Å². The van der Waals surface area contributed by atoms with Gasteiger partial charge < -0.3 is 15.8 Å². The monoisotopic (exact) mass is 243 g/mol. The van der Waals surface area contributed by atoms with Crippen LogP contribution in [0.3, 0.4) is 0 Å². The predicted octanol–water partition coefficient (Wildman–Crippen LogP) is 1.19. The molecule has 0 aromatic carbocycles. The van der Waals surface area contributed by atoms with Crippen molar-refractivity contribution in [3.8, 4) is 0 Å². The van der Waals surface area contributed by atoms with Crippen molar-refractivity contribution in [3.05, 3.63) is 10.6 Å². The molecule has 16 heavy (non-hydrogen) atoms. The molecule has 0 spiro atoms. The van der Waals surface area contributed by atoms with Gasteiger partial charge in [-0.3, -0.25) is 4.79 Å². The van der Waals surface area contributed by atoms with E-state index < -0.39 is 0 Å². The van der Waals surface area contributed by atoms with Crippen LogP contribution < -0.4 is 11.1 Å². The molecule has 3 N–H and O–H groups in total. The Morgan fingerprint density at radius 1 is 1.62 bits per heavy atom. The van der Waals surface area contributed by atoms with Crippen LogP contribution in [0, 0.1) is 6.92 Å². The number of nitrogens with zero attached hydrogens (tertiary/aromatic N) is 1. The lowest BCUT2D eigenvalue weighted by atomic mass is 10.1. The Morgan fingerprint density at radius 3 is 2.69 bits per heavy atom. The molecule has 1 amide bonds. The highest BCUT2D eigenvalue weighted by Gasteiger charge is 2.20. The molecule has 1 aromatic heterocycles. The van der Waals surface area contributed by atoms with Gasteiger partial charge in [0, 0.05) is 13.7 Å². The van der Waals surface area contributed by atoms with E-state index in [1.165, 1.54) is 11.3 Å². The second kappa shape index (κ2) is 4.80. The summed E-state index contributed by atoms with van der Waals surface area (Å²) in [4.78, 5) is 16.4. The van der Waals surface area contributed by atoms with E-state index in [0.717, 1.165) is 0 Å². The van der Waals surface area contributed by atoms with Crippen LogP contribution in [0.2, 0.25) is 0 Å². The van der Waals surface area contributed by atoms with Gasteiger partial charge in [-0.15, -0.1) is 0 Å². The van der Waals surface area contributed by atoms with E-state index in [2.05, 4.69) is 10.3 Å². The lowest BCUT2D eigenvalue weighted by Gasteiger charge is -2.22. The molecule has 1 rings (SSSR count). The molecule has 0 atom stereocenters. The zero-order valence-corrected chi connectivity index (χ0v) is 10.8. The van der Waals surface area contributed by atoms with E-state index >= 15 is 0 Å². The molecule has 0 radical (unpaired) electrons. The van der Waals surface area contributed by atoms with Crippen molar-refractivity contribution in [3.63, 3.8) is 0 Å². The minimum atomic E-state index is -0.375. The molecular formula is C10H17N3O2S. The van der Waals surface area contributed by atoms with Crippen molar-refractivity contribution < 1.29 is 9.53 Å². The van der Waals surface area contributed by atoms with Crippen LogP contribution in [0.25, 0.3) is 0 Å². The molecule has 0 fully saturated rings. The van der Waals surface area contributed by atoms with Crippen molar-refractivity contribution in [2.75, 3.05) is 19.4 Å². The zero-order chi connectivity index (χ0) is 12.3. The van der Waals surface area contributed by atoms with Crippen LogP contribution in [0.4, 0.5) is 5.13 Å². The molecule has 90 valence electrons. The molecule has 0 aliphatic rings. The van der Waals surface area contributed by atoms with Crippen LogP contribution >= 0.6 is 11.3 Å². The Kier molecular flexibility index (Phi) is 3.88. The topological polar surface area (TPSA) is 77.2 Å². The van der Waals surface area contributed by atoms with Crippen molar-refractivity contribution in [2.24, 2.45) is 0 Å². The molecule has 0 saturated heterocycles. The number of carbonyl (C=O) groups is 1. The van der Waals surface area contributed by atoms with E-state index in [1.54, 1.807) is 14.0 Å². The van der Waals surface area contributed by atoms with Crippen LogP contribution in [-0.2, 0) is 4.74 Å². The SMILES string of the molecule is COC(C)(C)CNC(=O)c1sc(N)nc1C. The smallest absolute Gasteiger partial charge is 0.263 e. The van der Waals surface area contributed by atoms with Crippen molar-refractivity contribution in [2.45, 2.75) is 26.4 Å². The summed E-state index contributed by atoms with van der Waals surface area (Å²) < 4.78 is 5.21. The fourth-order valence-electron chi connectivity index (χ4n) is 1.07. The minimum Gasteiger partial charge on any atom is -0.377 e. The first-order valence-corrected chi connectivity index (χ1v) is 5.73. The fourth-order valence-corrected chi connectivity index (χ4v) is 1.82. The summed E-state index contributed by atoms with van der Waals surface area (Å²) in [6.07, 6.45) is 0. The number of nitrogens with two attached hydrogens (primary N) is 1. The van der Waals surface area contributed by atoms with Gasteiger partial charge >= 0.3 is 0 Å². The van der Waals surface area contributed by atoms with E-state index in [1.807, 2.05) is 13.8 Å². The van der Waals surface area contributed by atoms with E-state index in [9.17, 15) is 4.79 Å². The number of nitrogen functional groups attached to an aromatic ring is 1. The number of methoxy groups -OCH3 is 1. The van der Waals surface area contributed by atoms with Crippen LogP contribution in [0.1, 0.15) is 29.2 Å². The Bertz CT molecular complexity index is 387. The molecule has 1 heterocycles. The van der Waals surface area contributed by atoms with Gasteiger partial charge in [0.25, 0.3) is 5.91 Å². The summed E-state index contributed by atoms with van der Waals surface area (Å²) in [5.41, 5.74) is 5.82. The number of rotatable bonds is 4. The third-order valence-corrected chi connectivity index (χ3v) is 3.23. The number of hydrogen-bond donors (Lipinski definition) is 2. The second-order valence-electron chi connectivity index (χ2n) is 4.11. The maximum Gasteiger partial charge on any atom is 0.263 e. The molecule has 1 aromatic rings. The number of anilines is 1. The molecular weight excluding hydrogens is 226 g/mol. The number of ether oxygens (including phenoxy) is 1. The lowest BCUT2D eigenvalue weighted by Crippen LogP contribution is -2.39. The van der Waals surface area contributed by atoms with E-state index in [-0.39, 0.29) is 11.5 Å². The highest BCUT2D eigenvalue weighted by Crippen LogP contribution is 2.19. The van der Waals surface area contributed by atoms with Gasteiger partial charge in [0.1, 0.15) is 4.88 Å². The maximum atomic E-state index is 11.8. The fraction of sp³-hybridized carbons (Fsp3) is 0.600. The lowest BCUT2D eigenvalue weighted by molar-refractivity contribution is 0.0229. The molecule has 0 unspecified atom stereocenters.